The minimum absolute atomic E-state index is 0.305. The molecule has 0 aliphatic heterocycles. The van der Waals surface area contributed by atoms with Crippen molar-refractivity contribution in [3.05, 3.63) is 48.3 Å². The molecular weight excluding hydrogens is 224 g/mol. The average Bonchev–Trinajstić information content (AvgIpc) is 2.85. The number of aromatic nitrogens is 3. The van der Waals surface area contributed by atoms with Gasteiger partial charge in [0.1, 0.15) is 5.82 Å². The molecule has 0 aliphatic carbocycles. The highest BCUT2D eigenvalue weighted by atomic mass is 15.1. The van der Waals surface area contributed by atoms with E-state index >= 15 is 0 Å². The molecule has 0 saturated heterocycles. The standard InChI is InChI=1S/C14H20N4/c1-3-9-18-10-8-16-14(18)11-17-12(2)13-4-6-15-7-5-13/h4-8,10,12,17H,3,9,11H2,1-2H3/t12-/m1/s1. The van der Waals surface area contributed by atoms with Gasteiger partial charge in [0.05, 0.1) is 6.54 Å². The highest BCUT2D eigenvalue weighted by molar-refractivity contribution is 5.14. The number of aryl methyl sites for hydroxylation is 1. The van der Waals surface area contributed by atoms with E-state index in [2.05, 4.69) is 33.7 Å². The van der Waals surface area contributed by atoms with E-state index < -0.39 is 0 Å². The van der Waals surface area contributed by atoms with Crippen LogP contribution in [0.5, 0.6) is 0 Å². The number of hydrogen-bond acceptors (Lipinski definition) is 3. The van der Waals surface area contributed by atoms with Crippen LogP contribution in [0.25, 0.3) is 0 Å². The second-order valence-electron chi connectivity index (χ2n) is 4.42. The van der Waals surface area contributed by atoms with Crippen molar-refractivity contribution in [2.45, 2.75) is 39.4 Å². The maximum atomic E-state index is 4.39. The van der Waals surface area contributed by atoms with Gasteiger partial charge in [-0.1, -0.05) is 6.92 Å². The summed E-state index contributed by atoms with van der Waals surface area (Å²) >= 11 is 0. The lowest BCUT2D eigenvalue weighted by Gasteiger charge is -2.14. The van der Waals surface area contributed by atoms with E-state index in [1.54, 1.807) is 0 Å². The molecule has 0 amide bonds. The molecule has 0 aromatic carbocycles. The molecule has 0 fully saturated rings. The second kappa shape index (κ2) is 6.31. The van der Waals surface area contributed by atoms with Crippen LogP contribution < -0.4 is 5.32 Å². The molecule has 2 rings (SSSR count). The first-order chi connectivity index (χ1) is 8.81. The van der Waals surface area contributed by atoms with Crippen LogP contribution in [0.3, 0.4) is 0 Å². The van der Waals surface area contributed by atoms with Gasteiger partial charge in [-0.15, -0.1) is 0 Å². The molecule has 2 heterocycles. The van der Waals surface area contributed by atoms with Crippen LogP contribution in [0.1, 0.15) is 37.7 Å². The fourth-order valence-electron chi connectivity index (χ4n) is 1.97. The zero-order valence-electron chi connectivity index (χ0n) is 11.0. The molecule has 1 N–H and O–H groups in total. The highest BCUT2D eigenvalue weighted by Crippen LogP contribution is 2.11. The molecule has 2 aromatic rings. The van der Waals surface area contributed by atoms with E-state index in [-0.39, 0.29) is 0 Å². The topological polar surface area (TPSA) is 42.7 Å². The molecule has 4 heteroatoms. The Morgan fingerprint density at radius 3 is 2.78 bits per heavy atom. The van der Waals surface area contributed by atoms with Crippen molar-refractivity contribution in [1.82, 2.24) is 19.9 Å². The summed E-state index contributed by atoms with van der Waals surface area (Å²) in [7, 11) is 0. The molecule has 2 aromatic heterocycles. The van der Waals surface area contributed by atoms with Crippen LogP contribution in [-0.4, -0.2) is 14.5 Å². The zero-order valence-corrected chi connectivity index (χ0v) is 11.0. The minimum Gasteiger partial charge on any atom is -0.334 e. The lowest BCUT2D eigenvalue weighted by atomic mass is 10.1. The Bertz CT molecular complexity index is 464. The SMILES string of the molecule is CCCn1ccnc1CN[C@H](C)c1ccncc1. The largest absolute Gasteiger partial charge is 0.334 e. The summed E-state index contributed by atoms with van der Waals surface area (Å²) in [6, 6.07) is 4.38. The normalized spacial score (nSPS) is 12.6. The molecule has 0 radical (unpaired) electrons. The Balaban J connectivity index is 1.93. The summed E-state index contributed by atoms with van der Waals surface area (Å²) in [6.07, 6.45) is 8.68. The molecular formula is C14H20N4. The van der Waals surface area contributed by atoms with E-state index in [1.165, 1.54) is 5.56 Å². The summed E-state index contributed by atoms with van der Waals surface area (Å²) < 4.78 is 2.20. The summed E-state index contributed by atoms with van der Waals surface area (Å²) in [6.45, 7) is 6.15. The number of nitrogens with one attached hydrogen (secondary N) is 1. The van der Waals surface area contributed by atoms with Crippen molar-refractivity contribution in [1.29, 1.82) is 0 Å². The quantitative estimate of drug-likeness (QED) is 0.849. The van der Waals surface area contributed by atoms with E-state index in [0.717, 1.165) is 25.3 Å². The number of pyridine rings is 1. The predicted molar refractivity (Wildman–Crippen MR) is 72.0 cm³/mol. The van der Waals surface area contributed by atoms with Crippen molar-refractivity contribution in [2.24, 2.45) is 0 Å². The molecule has 0 saturated carbocycles. The van der Waals surface area contributed by atoms with E-state index in [1.807, 2.05) is 36.9 Å². The molecule has 0 aliphatic rings. The Morgan fingerprint density at radius 1 is 1.28 bits per heavy atom. The maximum absolute atomic E-state index is 4.39. The van der Waals surface area contributed by atoms with Gasteiger partial charge in [-0.2, -0.15) is 0 Å². The first-order valence-corrected chi connectivity index (χ1v) is 6.44. The minimum atomic E-state index is 0.305. The third-order valence-corrected chi connectivity index (χ3v) is 3.04. The Kier molecular flexibility index (Phi) is 4.47. The Labute approximate surface area is 108 Å². The van der Waals surface area contributed by atoms with Crippen molar-refractivity contribution >= 4 is 0 Å². The lowest BCUT2D eigenvalue weighted by Crippen LogP contribution is -2.20. The highest BCUT2D eigenvalue weighted by Gasteiger charge is 2.06. The van der Waals surface area contributed by atoms with Gasteiger partial charge in [0, 0.05) is 37.4 Å². The predicted octanol–water partition coefficient (Wildman–Crippen LogP) is 2.54. The molecule has 96 valence electrons. The number of imidazole rings is 1. The van der Waals surface area contributed by atoms with Gasteiger partial charge >= 0.3 is 0 Å². The molecule has 0 unspecified atom stereocenters. The third-order valence-electron chi connectivity index (χ3n) is 3.04. The average molecular weight is 244 g/mol. The Morgan fingerprint density at radius 2 is 2.06 bits per heavy atom. The molecule has 0 bridgehead atoms. The maximum Gasteiger partial charge on any atom is 0.122 e. The summed E-state index contributed by atoms with van der Waals surface area (Å²) in [5.74, 6) is 1.10. The van der Waals surface area contributed by atoms with Crippen molar-refractivity contribution in [2.75, 3.05) is 0 Å². The summed E-state index contributed by atoms with van der Waals surface area (Å²) in [5, 5.41) is 3.49. The van der Waals surface area contributed by atoms with E-state index in [0.29, 0.717) is 6.04 Å². The molecule has 18 heavy (non-hydrogen) atoms. The van der Waals surface area contributed by atoms with Crippen LogP contribution in [0.15, 0.2) is 36.9 Å². The molecule has 1 atom stereocenters. The molecule has 0 spiro atoms. The monoisotopic (exact) mass is 244 g/mol. The van der Waals surface area contributed by atoms with Gasteiger partial charge in [0.15, 0.2) is 0 Å². The Hall–Kier alpha value is -1.68. The van der Waals surface area contributed by atoms with E-state index in [9.17, 15) is 0 Å². The first kappa shape index (κ1) is 12.8. The van der Waals surface area contributed by atoms with Crippen molar-refractivity contribution in [3.63, 3.8) is 0 Å². The first-order valence-electron chi connectivity index (χ1n) is 6.44. The van der Waals surface area contributed by atoms with E-state index in [4.69, 9.17) is 0 Å². The van der Waals surface area contributed by atoms with Gasteiger partial charge in [-0.05, 0) is 31.0 Å². The van der Waals surface area contributed by atoms with Crippen LogP contribution in [0, 0.1) is 0 Å². The zero-order chi connectivity index (χ0) is 12.8. The van der Waals surface area contributed by atoms with Gasteiger partial charge in [0.25, 0.3) is 0 Å². The van der Waals surface area contributed by atoms with Crippen molar-refractivity contribution < 1.29 is 0 Å². The van der Waals surface area contributed by atoms with Gasteiger partial charge in [0.2, 0.25) is 0 Å². The van der Waals surface area contributed by atoms with Gasteiger partial charge in [-0.25, -0.2) is 4.98 Å². The van der Waals surface area contributed by atoms with Crippen molar-refractivity contribution in [3.8, 4) is 0 Å². The van der Waals surface area contributed by atoms with Crippen LogP contribution >= 0.6 is 0 Å². The van der Waals surface area contributed by atoms with Gasteiger partial charge in [-0.3, -0.25) is 4.98 Å². The smallest absolute Gasteiger partial charge is 0.122 e. The second-order valence-corrected chi connectivity index (χ2v) is 4.42. The number of rotatable bonds is 6. The summed E-state index contributed by atoms with van der Waals surface area (Å²) in [5.41, 5.74) is 1.25. The third kappa shape index (κ3) is 3.17. The number of hydrogen-bond donors (Lipinski definition) is 1. The molecule has 4 nitrogen and oxygen atoms in total. The lowest BCUT2D eigenvalue weighted by molar-refractivity contribution is 0.531. The summed E-state index contributed by atoms with van der Waals surface area (Å²) in [4.78, 5) is 8.42. The van der Waals surface area contributed by atoms with Gasteiger partial charge < -0.3 is 9.88 Å². The number of nitrogens with zero attached hydrogens (tertiary/aromatic N) is 3. The van der Waals surface area contributed by atoms with Crippen LogP contribution in [0.4, 0.5) is 0 Å². The van der Waals surface area contributed by atoms with Crippen LogP contribution in [-0.2, 0) is 13.1 Å². The van der Waals surface area contributed by atoms with Crippen LogP contribution in [0.2, 0.25) is 0 Å². The fraction of sp³-hybridized carbons (Fsp3) is 0.429. The fourth-order valence-corrected chi connectivity index (χ4v) is 1.97.